The molecular weight excluding hydrogens is 316 g/mol. The summed E-state index contributed by atoms with van der Waals surface area (Å²) in [4.78, 5) is 0. The van der Waals surface area contributed by atoms with Crippen molar-refractivity contribution >= 4 is 22.2 Å². The van der Waals surface area contributed by atoms with Crippen molar-refractivity contribution in [3.05, 3.63) is 114 Å². The van der Waals surface area contributed by atoms with Crippen LogP contribution in [0.2, 0.25) is 0 Å². The number of fused-ring (bicyclic) bond motifs is 1. The summed E-state index contributed by atoms with van der Waals surface area (Å²) in [6.07, 6.45) is 0. The Morgan fingerprint density at radius 3 is 1.81 bits per heavy atom. The Morgan fingerprint density at radius 1 is 0.615 bits per heavy atom. The summed E-state index contributed by atoms with van der Waals surface area (Å²) in [5.41, 5.74) is 4.26. The lowest BCUT2D eigenvalue weighted by Gasteiger charge is -2.18. The van der Waals surface area contributed by atoms with Crippen molar-refractivity contribution in [2.24, 2.45) is 5.10 Å². The van der Waals surface area contributed by atoms with E-state index in [0.717, 1.165) is 22.5 Å². The molecule has 2 nitrogen and oxygen atoms in total. The standard InChI is InChI=1S/C24H20N2/c1-26(23-18-10-16-19-11-8-9-17-22(19)23)25-24(20-12-4-2-5-13-20)21-14-6-3-7-15-21/h2-18H,1H3. The highest BCUT2D eigenvalue weighted by Crippen LogP contribution is 2.26. The smallest absolute Gasteiger partial charge is 0.0980 e. The van der Waals surface area contributed by atoms with Crippen LogP contribution in [0.15, 0.2) is 108 Å². The van der Waals surface area contributed by atoms with Gasteiger partial charge in [0, 0.05) is 23.6 Å². The molecule has 0 atom stereocenters. The minimum Gasteiger partial charge on any atom is -0.267 e. The quantitative estimate of drug-likeness (QED) is 0.343. The summed E-state index contributed by atoms with van der Waals surface area (Å²) in [6, 6.07) is 35.4. The first-order valence-electron chi connectivity index (χ1n) is 8.74. The molecule has 4 rings (SSSR count). The molecule has 0 N–H and O–H groups in total. The SMILES string of the molecule is CN(N=C(c1ccccc1)c1ccccc1)c1cccc2ccccc12. The average molecular weight is 336 g/mol. The van der Waals surface area contributed by atoms with Crippen molar-refractivity contribution in [1.29, 1.82) is 0 Å². The highest BCUT2D eigenvalue weighted by Gasteiger charge is 2.10. The van der Waals surface area contributed by atoms with Crippen molar-refractivity contribution < 1.29 is 0 Å². The molecule has 0 aliphatic heterocycles. The predicted molar refractivity (Wildman–Crippen MR) is 111 cm³/mol. The second-order valence-electron chi connectivity index (χ2n) is 6.20. The van der Waals surface area contributed by atoms with Gasteiger partial charge in [-0.25, -0.2) is 0 Å². The fourth-order valence-corrected chi connectivity index (χ4v) is 3.17. The largest absolute Gasteiger partial charge is 0.267 e. The van der Waals surface area contributed by atoms with E-state index in [9.17, 15) is 0 Å². The summed E-state index contributed by atoms with van der Waals surface area (Å²) in [5.74, 6) is 0. The first-order valence-corrected chi connectivity index (χ1v) is 8.74. The third-order valence-electron chi connectivity index (χ3n) is 4.46. The van der Waals surface area contributed by atoms with Gasteiger partial charge in [-0.1, -0.05) is 97.1 Å². The van der Waals surface area contributed by atoms with Crippen LogP contribution in [-0.4, -0.2) is 12.8 Å². The van der Waals surface area contributed by atoms with Crippen LogP contribution in [0.5, 0.6) is 0 Å². The molecule has 4 aromatic carbocycles. The molecule has 0 amide bonds. The van der Waals surface area contributed by atoms with Gasteiger partial charge in [-0.3, -0.25) is 5.01 Å². The van der Waals surface area contributed by atoms with E-state index in [2.05, 4.69) is 66.7 Å². The van der Waals surface area contributed by atoms with Gasteiger partial charge in [0.05, 0.1) is 11.4 Å². The third-order valence-corrected chi connectivity index (χ3v) is 4.46. The van der Waals surface area contributed by atoms with E-state index in [0.29, 0.717) is 0 Å². The Hall–Kier alpha value is -3.39. The molecule has 0 aliphatic rings. The molecular formula is C24H20N2. The van der Waals surface area contributed by atoms with Gasteiger partial charge in [-0.15, -0.1) is 0 Å². The summed E-state index contributed by atoms with van der Waals surface area (Å²) in [7, 11) is 2.01. The zero-order valence-electron chi connectivity index (χ0n) is 14.7. The van der Waals surface area contributed by atoms with Gasteiger partial charge in [-0.2, -0.15) is 5.10 Å². The first-order chi connectivity index (χ1) is 12.8. The molecule has 26 heavy (non-hydrogen) atoms. The van der Waals surface area contributed by atoms with Crippen LogP contribution in [0.3, 0.4) is 0 Å². The number of benzene rings is 4. The van der Waals surface area contributed by atoms with Crippen LogP contribution in [0.25, 0.3) is 10.8 Å². The molecule has 0 saturated heterocycles. The van der Waals surface area contributed by atoms with E-state index in [1.807, 2.05) is 48.5 Å². The topological polar surface area (TPSA) is 15.6 Å². The first kappa shape index (κ1) is 16.1. The van der Waals surface area contributed by atoms with Crippen LogP contribution >= 0.6 is 0 Å². The summed E-state index contributed by atoms with van der Waals surface area (Å²) in [6.45, 7) is 0. The summed E-state index contributed by atoms with van der Waals surface area (Å²) >= 11 is 0. The van der Waals surface area contributed by atoms with Crippen molar-refractivity contribution in [2.75, 3.05) is 12.1 Å². The number of hydrogen-bond acceptors (Lipinski definition) is 2. The zero-order chi connectivity index (χ0) is 17.8. The lowest BCUT2D eigenvalue weighted by atomic mass is 10.0. The third kappa shape index (κ3) is 3.22. The maximum absolute atomic E-state index is 4.99. The lowest BCUT2D eigenvalue weighted by molar-refractivity contribution is 1.02. The number of anilines is 1. The van der Waals surface area contributed by atoms with Crippen LogP contribution < -0.4 is 5.01 Å². The minimum atomic E-state index is 0.960. The monoisotopic (exact) mass is 336 g/mol. The van der Waals surface area contributed by atoms with Crippen molar-refractivity contribution in [2.45, 2.75) is 0 Å². The number of hydrazone groups is 1. The van der Waals surface area contributed by atoms with Gasteiger partial charge in [0.2, 0.25) is 0 Å². The van der Waals surface area contributed by atoms with Crippen molar-refractivity contribution in [3.8, 4) is 0 Å². The van der Waals surface area contributed by atoms with Gasteiger partial charge in [-0.05, 0) is 11.5 Å². The van der Waals surface area contributed by atoms with Gasteiger partial charge >= 0.3 is 0 Å². The van der Waals surface area contributed by atoms with Gasteiger partial charge in [0.15, 0.2) is 0 Å². The van der Waals surface area contributed by atoms with Gasteiger partial charge < -0.3 is 0 Å². The molecule has 126 valence electrons. The molecule has 0 aromatic heterocycles. The van der Waals surface area contributed by atoms with E-state index in [4.69, 9.17) is 5.10 Å². The number of rotatable bonds is 4. The molecule has 0 unspecified atom stereocenters. The van der Waals surface area contributed by atoms with Crippen molar-refractivity contribution in [3.63, 3.8) is 0 Å². The van der Waals surface area contributed by atoms with E-state index in [1.165, 1.54) is 10.8 Å². The van der Waals surface area contributed by atoms with E-state index in [1.54, 1.807) is 0 Å². The zero-order valence-corrected chi connectivity index (χ0v) is 14.7. The van der Waals surface area contributed by atoms with Crippen molar-refractivity contribution in [1.82, 2.24) is 0 Å². The molecule has 0 heterocycles. The van der Waals surface area contributed by atoms with Crippen LogP contribution in [0.4, 0.5) is 5.69 Å². The number of hydrogen-bond donors (Lipinski definition) is 0. The Labute approximate surface area is 154 Å². The van der Waals surface area contributed by atoms with Crippen LogP contribution in [0, 0.1) is 0 Å². The highest BCUT2D eigenvalue weighted by atomic mass is 15.4. The van der Waals surface area contributed by atoms with E-state index >= 15 is 0 Å². The maximum Gasteiger partial charge on any atom is 0.0980 e. The Bertz CT molecular complexity index is 990. The minimum absolute atomic E-state index is 0.960. The molecule has 2 heteroatoms. The molecule has 0 radical (unpaired) electrons. The normalized spacial score (nSPS) is 10.5. The molecule has 0 bridgehead atoms. The second-order valence-corrected chi connectivity index (χ2v) is 6.20. The maximum atomic E-state index is 4.99. The molecule has 4 aromatic rings. The number of nitrogens with zero attached hydrogens (tertiary/aromatic N) is 2. The lowest BCUT2D eigenvalue weighted by Crippen LogP contribution is -2.15. The Morgan fingerprint density at radius 2 is 1.15 bits per heavy atom. The molecule has 0 saturated carbocycles. The van der Waals surface area contributed by atoms with E-state index < -0.39 is 0 Å². The highest BCUT2D eigenvalue weighted by molar-refractivity contribution is 6.13. The average Bonchev–Trinajstić information content (AvgIpc) is 2.72. The Kier molecular flexibility index (Phi) is 4.48. The molecule has 0 spiro atoms. The van der Waals surface area contributed by atoms with Crippen LogP contribution in [-0.2, 0) is 0 Å². The van der Waals surface area contributed by atoms with E-state index in [-0.39, 0.29) is 0 Å². The van der Waals surface area contributed by atoms with Gasteiger partial charge in [0.25, 0.3) is 0 Å². The molecule has 0 fully saturated rings. The Balaban J connectivity index is 1.84. The fourth-order valence-electron chi connectivity index (χ4n) is 3.17. The predicted octanol–water partition coefficient (Wildman–Crippen LogP) is 5.73. The summed E-state index contributed by atoms with van der Waals surface area (Å²) in [5, 5.41) is 9.37. The van der Waals surface area contributed by atoms with Gasteiger partial charge in [0.1, 0.15) is 0 Å². The summed E-state index contributed by atoms with van der Waals surface area (Å²) < 4.78 is 0. The molecule has 0 aliphatic carbocycles. The fraction of sp³-hybridized carbons (Fsp3) is 0.0417. The van der Waals surface area contributed by atoms with Crippen LogP contribution in [0.1, 0.15) is 11.1 Å². The second kappa shape index (κ2) is 7.24.